The average Bonchev–Trinajstić information content (AvgIpc) is 2.37. The molecule has 0 aliphatic heterocycles. The molecule has 2 rings (SSSR count). The van der Waals surface area contributed by atoms with Gasteiger partial charge in [-0.1, -0.05) is 29.3 Å². The summed E-state index contributed by atoms with van der Waals surface area (Å²) in [6, 6.07) is 8.03. The molecule has 0 N–H and O–H groups in total. The lowest BCUT2D eigenvalue weighted by Crippen LogP contribution is -1.98. The first-order chi connectivity index (χ1) is 9.08. The first-order valence-electron chi connectivity index (χ1n) is 5.41. The highest BCUT2D eigenvalue weighted by Gasteiger charge is 2.00. The number of ether oxygens (including phenoxy) is 1. The van der Waals surface area contributed by atoms with Gasteiger partial charge in [0.1, 0.15) is 11.5 Å². The number of hydrogen-bond acceptors (Lipinski definition) is 3. The zero-order valence-corrected chi connectivity index (χ0v) is 11.5. The van der Waals surface area contributed by atoms with Crippen LogP contribution in [0.1, 0.15) is 11.3 Å². The summed E-state index contributed by atoms with van der Waals surface area (Å²) in [5, 5.41) is 1.09. The van der Waals surface area contributed by atoms with E-state index in [0.29, 0.717) is 21.6 Å². The van der Waals surface area contributed by atoms with Gasteiger partial charge in [-0.3, -0.25) is 0 Å². The monoisotopic (exact) mass is 296 g/mol. The lowest BCUT2D eigenvalue weighted by atomic mass is 10.2. The minimum atomic E-state index is -0.471. The van der Waals surface area contributed by atoms with Crippen LogP contribution in [0.15, 0.2) is 39.5 Å². The molecule has 0 fully saturated rings. The fraction of sp³-hybridized carbons (Fsp3) is 0.0714. The molecule has 5 heteroatoms. The topological polar surface area (TPSA) is 39.4 Å². The summed E-state index contributed by atoms with van der Waals surface area (Å²) in [7, 11) is 1.48. The Morgan fingerprint density at radius 3 is 2.63 bits per heavy atom. The number of hydrogen-bond donors (Lipinski definition) is 0. The van der Waals surface area contributed by atoms with Crippen molar-refractivity contribution >= 4 is 35.4 Å². The minimum Gasteiger partial charge on any atom is -0.496 e. The quantitative estimate of drug-likeness (QED) is 0.855. The molecule has 1 aromatic carbocycles. The van der Waals surface area contributed by atoms with Crippen molar-refractivity contribution < 1.29 is 9.15 Å². The van der Waals surface area contributed by atoms with Crippen LogP contribution in [0.4, 0.5) is 0 Å². The van der Waals surface area contributed by atoms with Crippen molar-refractivity contribution in [3.05, 3.63) is 62.1 Å². The maximum absolute atomic E-state index is 11.3. The molecule has 0 aliphatic rings. The Morgan fingerprint density at radius 1 is 1.16 bits per heavy atom. The average molecular weight is 297 g/mol. The molecule has 0 unspecified atom stereocenters. The zero-order valence-electron chi connectivity index (χ0n) is 10.0. The van der Waals surface area contributed by atoms with Gasteiger partial charge in [-0.15, -0.1) is 0 Å². The third-order valence-corrected chi connectivity index (χ3v) is 2.95. The molecular weight excluding hydrogens is 287 g/mol. The van der Waals surface area contributed by atoms with Crippen molar-refractivity contribution in [2.45, 2.75) is 0 Å². The van der Waals surface area contributed by atoms with Gasteiger partial charge in [0.2, 0.25) is 0 Å². The normalized spacial score (nSPS) is 10.9. The fourth-order valence-electron chi connectivity index (χ4n) is 1.48. The molecule has 0 amide bonds. The third kappa shape index (κ3) is 3.63. The van der Waals surface area contributed by atoms with Gasteiger partial charge in [0.05, 0.1) is 13.2 Å². The first-order valence-corrected chi connectivity index (χ1v) is 6.16. The molecule has 0 bridgehead atoms. The molecular formula is C14H10Cl2O3. The Morgan fingerprint density at radius 2 is 1.95 bits per heavy atom. The van der Waals surface area contributed by atoms with E-state index in [1.54, 1.807) is 36.4 Å². The number of rotatable bonds is 3. The predicted molar refractivity (Wildman–Crippen MR) is 76.9 cm³/mol. The van der Waals surface area contributed by atoms with Gasteiger partial charge in [-0.2, -0.15) is 0 Å². The number of benzene rings is 1. The summed E-state index contributed by atoms with van der Waals surface area (Å²) in [6.45, 7) is 0. The Bertz CT molecular complexity index is 675. The Balaban J connectivity index is 2.32. The largest absolute Gasteiger partial charge is 0.496 e. The Kier molecular flexibility index (Phi) is 4.30. The van der Waals surface area contributed by atoms with Crippen molar-refractivity contribution in [2.75, 3.05) is 7.11 Å². The van der Waals surface area contributed by atoms with Gasteiger partial charge in [0, 0.05) is 16.1 Å². The van der Waals surface area contributed by atoms with Crippen molar-refractivity contribution in [3.8, 4) is 5.75 Å². The summed E-state index contributed by atoms with van der Waals surface area (Å²) in [5.74, 6) is 0.827. The van der Waals surface area contributed by atoms with Gasteiger partial charge in [-0.05, 0) is 29.8 Å². The lowest BCUT2D eigenvalue weighted by molar-refractivity contribution is 0.400. The molecule has 19 heavy (non-hydrogen) atoms. The summed E-state index contributed by atoms with van der Waals surface area (Å²) >= 11 is 11.8. The smallest absolute Gasteiger partial charge is 0.339 e. The van der Waals surface area contributed by atoms with E-state index in [1.807, 2.05) is 0 Å². The Labute approximate surface area is 120 Å². The second-order valence-electron chi connectivity index (χ2n) is 3.72. The highest BCUT2D eigenvalue weighted by molar-refractivity contribution is 6.35. The molecule has 98 valence electrons. The summed E-state index contributed by atoms with van der Waals surface area (Å²) in [4.78, 5) is 11.3. The second kappa shape index (κ2) is 5.95. The third-order valence-electron chi connectivity index (χ3n) is 2.39. The molecule has 1 heterocycles. The highest BCUT2D eigenvalue weighted by atomic mass is 35.5. The van der Waals surface area contributed by atoms with Gasteiger partial charge in [-0.25, -0.2) is 4.79 Å². The van der Waals surface area contributed by atoms with Crippen LogP contribution in [0.5, 0.6) is 5.75 Å². The molecule has 0 atom stereocenters. The van der Waals surface area contributed by atoms with Crippen molar-refractivity contribution in [3.63, 3.8) is 0 Å². The molecule has 0 radical (unpaired) electrons. The summed E-state index contributed by atoms with van der Waals surface area (Å²) in [6.07, 6.45) is 3.37. The lowest BCUT2D eigenvalue weighted by Gasteiger charge is -2.00. The van der Waals surface area contributed by atoms with Gasteiger partial charge < -0.3 is 9.15 Å². The van der Waals surface area contributed by atoms with Crippen molar-refractivity contribution in [2.24, 2.45) is 0 Å². The van der Waals surface area contributed by atoms with Crippen LogP contribution in [-0.2, 0) is 0 Å². The van der Waals surface area contributed by atoms with E-state index in [0.717, 1.165) is 5.56 Å². The summed E-state index contributed by atoms with van der Waals surface area (Å²) in [5.41, 5.74) is 0.303. The van der Waals surface area contributed by atoms with Crippen LogP contribution in [0, 0.1) is 0 Å². The fourth-order valence-corrected chi connectivity index (χ4v) is 1.95. The standard InChI is InChI=1S/C14H10Cl2O3/c1-18-12-7-11(19-14(17)8-12)5-3-9-2-4-10(15)6-13(9)16/h2-8H,1H3/b5-3+. The van der Waals surface area contributed by atoms with Crippen molar-refractivity contribution in [1.29, 1.82) is 0 Å². The molecule has 2 aromatic rings. The van der Waals surface area contributed by atoms with Gasteiger partial charge >= 0.3 is 5.63 Å². The van der Waals surface area contributed by atoms with Crippen LogP contribution in [-0.4, -0.2) is 7.11 Å². The van der Waals surface area contributed by atoms with Crippen LogP contribution in [0.25, 0.3) is 12.2 Å². The summed E-state index contributed by atoms with van der Waals surface area (Å²) < 4.78 is 10.0. The van der Waals surface area contributed by atoms with Crippen LogP contribution in [0.3, 0.4) is 0 Å². The zero-order chi connectivity index (χ0) is 13.8. The van der Waals surface area contributed by atoms with Crippen LogP contribution < -0.4 is 10.4 Å². The first kappa shape index (κ1) is 13.7. The van der Waals surface area contributed by atoms with E-state index < -0.39 is 5.63 Å². The molecule has 1 aromatic heterocycles. The molecule has 0 aliphatic carbocycles. The van der Waals surface area contributed by atoms with Gasteiger partial charge in [0.15, 0.2) is 0 Å². The van der Waals surface area contributed by atoms with Crippen LogP contribution >= 0.6 is 23.2 Å². The number of halogens is 2. The van der Waals surface area contributed by atoms with E-state index in [1.165, 1.54) is 13.2 Å². The predicted octanol–water partition coefficient (Wildman–Crippen LogP) is 4.13. The Hall–Kier alpha value is -1.71. The van der Waals surface area contributed by atoms with Gasteiger partial charge in [0.25, 0.3) is 0 Å². The van der Waals surface area contributed by atoms with E-state index in [2.05, 4.69) is 0 Å². The SMILES string of the molecule is COc1cc(/C=C/c2ccc(Cl)cc2Cl)oc(=O)c1. The van der Waals surface area contributed by atoms with E-state index in [-0.39, 0.29) is 0 Å². The molecule has 0 saturated carbocycles. The highest BCUT2D eigenvalue weighted by Crippen LogP contribution is 2.23. The minimum absolute atomic E-state index is 0.385. The molecule has 0 spiro atoms. The number of methoxy groups -OCH3 is 1. The van der Waals surface area contributed by atoms with E-state index in [9.17, 15) is 4.79 Å². The van der Waals surface area contributed by atoms with Crippen molar-refractivity contribution in [1.82, 2.24) is 0 Å². The second-order valence-corrected chi connectivity index (χ2v) is 4.56. The molecule has 3 nitrogen and oxygen atoms in total. The van der Waals surface area contributed by atoms with E-state index >= 15 is 0 Å². The van der Waals surface area contributed by atoms with E-state index in [4.69, 9.17) is 32.4 Å². The molecule has 0 saturated heterocycles. The van der Waals surface area contributed by atoms with Crippen LogP contribution in [0.2, 0.25) is 10.0 Å². The maximum atomic E-state index is 11.3. The maximum Gasteiger partial charge on any atom is 0.339 e.